The molecule has 0 saturated carbocycles. The van der Waals surface area contributed by atoms with E-state index in [4.69, 9.17) is 16.3 Å². The Morgan fingerprint density at radius 3 is 2.55 bits per heavy atom. The molecule has 2 atom stereocenters. The van der Waals surface area contributed by atoms with Crippen molar-refractivity contribution in [3.8, 4) is 5.75 Å². The van der Waals surface area contributed by atoms with Gasteiger partial charge in [0.25, 0.3) is 11.5 Å². The van der Waals surface area contributed by atoms with Crippen LogP contribution in [0.25, 0.3) is 0 Å². The number of halogens is 2. The Labute approximate surface area is 259 Å². The first-order valence-electron chi connectivity index (χ1n) is 14.6. The van der Waals surface area contributed by atoms with E-state index < -0.39 is 11.7 Å². The van der Waals surface area contributed by atoms with Gasteiger partial charge in [-0.1, -0.05) is 23.7 Å². The number of amides is 2. The standard InChI is InChI=1S/C34H32ClFN4O4/c1-2-44-25-12-10-24(11-13-25)37-34(43)22-9-14-31(29(16-22)38-32(41)17-26-27(35)5-3-6-28(26)36)39-18-21-15-23(20-39)30-7-4-8-33(42)40(30)19-21/h3-14,16,21,23H,2,15,17-20H2,1H3,(H,37,43)(H,38,41). The monoisotopic (exact) mass is 614 g/mol. The van der Waals surface area contributed by atoms with Crippen LogP contribution in [0, 0.1) is 11.7 Å². The molecule has 1 saturated heterocycles. The summed E-state index contributed by atoms with van der Waals surface area (Å²) in [7, 11) is 0. The van der Waals surface area contributed by atoms with Crippen LogP contribution in [0.4, 0.5) is 21.5 Å². The predicted molar refractivity (Wildman–Crippen MR) is 170 cm³/mol. The van der Waals surface area contributed by atoms with Crippen LogP contribution >= 0.6 is 11.6 Å². The highest BCUT2D eigenvalue weighted by atomic mass is 35.5. The third-order valence-electron chi connectivity index (χ3n) is 8.18. The van der Waals surface area contributed by atoms with Gasteiger partial charge in [0, 0.05) is 59.1 Å². The molecule has 226 valence electrons. The first kappa shape index (κ1) is 29.4. The van der Waals surface area contributed by atoms with Crippen LogP contribution in [0.2, 0.25) is 5.02 Å². The van der Waals surface area contributed by atoms with Gasteiger partial charge in [0.1, 0.15) is 11.6 Å². The minimum Gasteiger partial charge on any atom is -0.494 e. The van der Waals surface area contributed by atoms with Gasteiger partial charge in [-0.3, -0.25) is 14.4 Å². The number of rotatable bonds is 8. The fourth-order valence-corrected chi connectivity index (χ4v) is 6.44. The number of ether oxygens (including phenoxy) is 1. The zero-order chi connectivity index (χ0) is 30.8. The smallest absolute Gasteiger partial charge is 0.255 e. The zero-order valence-corrected chi connectivity index (χ0v) is 24.9. The summed E-state index contributed by atoms with van der Waals surface area (Å²) in [5, 5.41) is 5.99. The number of anilines is 3. The molecule has 2 amide bonds. The molecule has 10 heteroatoms. The van der Waals surface area contributed by atoms with Crippen LogP contribution in [-0.2, 0) is 17.8 Å². The summed E-state index contributed by atoms with van der Waals surface area (Å²) < 4.78 is 21.8. The van der Waals surface area contributed by atoms with Gasteiger partial charge < -0.3 is 24.8 Å². The lowest BCUT2D eigenvalue weighted by Gasteiger charge is -2.44. The Kier molecular flexibility index (Phi) is 8.39. The van der Waals surface area contributed by atoms with Crippen molar-refractivity contribution in [2.75, 3.05) is 35.2 Å². The molecule has 2 bridgehead atoms. The van der Waals surface area contributed by atoms with E-state index in [-0.39, 0.29) is 40.3 Å². The van der Waals surface area contributed by atoms with Crippen molar-refractivity contribution < 1.29 is 18.7 Å². The van der Waals surface area contributed by atoms with Gasteiger partial charge >= 0.3 is 0 Å². The van der Waals surface area contributed by atoms with Crippen LogP contribution in [0.1, 0.15) is 40.9 Å². The van der Waals surface area contributed by atoms with Gasteiger partial charge in [-0.05, 0) is 79.9 Å². The van der Waals surface area contributed by atoms with E-state index >= 15 is 0 Å². The second-order valence-electron chi connectivity index (χ2n) is 11.2. The van der Waals surface area contributed by atoms with E-state index in [1.54, 1.807) is 54.6 Å². The van der Waals surface area contributed by atoms with Gasteiger partial charge in [0.15, 0.2) is 0 Å². The molecule has 2 unspecified atom stereocenters. The topological polar surface area (TPSA) is 92.7 Å². The van der Waals surface area contributed by atoms with E-state index in [0.717, 1.165) is 17.8 Å². The van der Waals surface area contributed by atoms with Crippen molar-refractivity contribution in [3.63, 3.8) is 0 Å². The lowest BCUT2D eigenvalue weighted by atomic mass is 9.83. The molecule has 1 fully saturated rings. The number of hydrogen-bond donors (Lipinski definition) is 2. The maximum atomic E-state index is 14.5. The van der Waals surface area contributed by atoms with Crippen LogP contribution in [0.5, 0.6) is 5.75 Å². The van der Waals surface area contributed by atoms with Gasteiger partial charge in [0.05, 0.1) is 24.4 Å². The zero-order valence-electron chi connectivity index (χ0n) is 24.2. The molecular weight excluding hydrogens is 583 g/mol. The highest BCUT2D eigenvalue weighted by Gasteiger charge is 2.35. The third-order valence-corrected chi connectivity index (χ3v) is 8.53. The molecule has 0 aliphatic carbocycles. The number of carbonyl (C=O) groups is 2. The van der Waals surface area contributed by atoms with Crippen molar-refractivity contribution >= 4 is 40.5 Å². The number of nitrogens with one attached hydrogen (secondary N) is 2. The van der Waals surface area contributed by atoms with Gasteiger partial charge in [0.2, 0.25) is 5.91 Å². The molecule has 3 heterocycles. The van der Waals surface area contributed by atoms with E-state index in [9.17, 15) is 18.8 Å². The normalized spacial score (nSPS) is 17.0. The van der Waals surface area contributed by atoms with Crippen molar-refractivity contribution in [3.05, 3.63) is 117 Å². The molecule has 3 aromatic carbocycles. The minimum absolute atomic E-state index is 0.00769. The Balaban J connectivity index is 1.29. The average molecular weight is 615 g/mol. The first-order valence-corrected chi connectivity index (χ1v) is 15.0. The molecule has 1 aromatic heterocycles. The van der Waals surface area contributed by atoms with E-state index in [1.165, 1.54) is 12.1 Å². The highest BCUT2D eigenvalue weighted by molar-refractivity contribution is 6.31. The van der Waals surface area contributed by atoms with Crippen LogP contribution in [-0.4, -0.2) is 36.1 Å². The van der Waals surface area contributed by atoms with Crippen molar-refractivity contribution in [1.82, 2.24) is 4.57 Å². The van der Waals surface area contributed by atoms with Gasteiger partial charge in [-0.25, -0.2) is 4.39 Å². The molecule has 2 N–H and O–H groups in total. The molecule has 6 rings (SSSR count). The molecular formula is C34H32ClFN4O4. The molecule has 0 radical (unpaired) electrons. The Morgan fingerprint density at radius 2 is 1.77 bits per heavy atom. The van der Waals surface area contributed by atoms with E-state index in [1.807, 2.05) is 23.6 Å². The maximum Gasteiger partial charge on any atom is 0.255 e. The number of benzene rings is 3. The number of pyridine rings is 1. The number of piperidine rings is 1. The highest BCUT2D eigenvalue weighted by Crippen LogP contribution is 2.39. The number of hydrogen-bond acceptors (Lipinski definition) is 5. The fraction of sp³-hybridized carbons (Fsp3) is 0.265. The maximum absolute atomic E-state index is 14.5. The Bertz CT molecular complexity index is 1750. The van der Waals surface area contributed by atoms with E-state index in [2.05, 4.69) is 15.5 Å². The first-order chi connectivity index (χ1) is 21.3. The molecule has 44 heavy (non-hydrogen) atoms. The van der Waals surface area contributed by atoms with Crippen molar-refractivity contribution in [2.24, 2.45) is 5.92 Å². The lowest BCUT2D eigenvalue weighted by Crippen LogP contribution is -2.47. The number of nitrogens with zero attached hydrogens (tertiary/aromatic N) is 2. The quantitative estimate of drug-likeness (QED) is 0.250. The second-order valence-corrected chi connectivity index (χ2v) is 11.6. The second kappa shape index (κ2) is 12.5. The van der Waals surface area contributed by atoms with Crippen molar-refractivity contribution in [2.45, 2.75) is 32.2 Å². The summed E-state index contributed by atoms with van der Waals surface area (Å²) in [5.74, 6) is -0.291. The summed E-state index contributed by atoms with van der Waals surface area (Å²) in [4.78, 5) is 41.3. The molecule has 8 nitrogen and oxygen atoms in total. The van der Waals surface area contributed by atoms with Crippen LogP contribution in [0.15, 0.2) is 83.7 Å². The minimum atomic E-state index is -0.561. The number of fused-ring (bicyclic) bond motifs is 4. The molecule has 0 spiro atoms. The Hall–Kier alpha value is -4.63. The van der Waals surface area contributed by atoms with Crippen molar-refractivity contribution in [1.29, 1.82) is 0 Å². The lowest BCUT2D eigenvalue weighted by molar-refractivity contribution is -0.115. The fourth-order valence-electron chi connectivity index (χ4n) is 6.21. The number of carbonyl (C=O) groups excluding carboxylic acids is 2. The average Bonchev–Trinajstić information content (AvgIpc) is 3.00. The van der Waals surface area contributed by atoms with Gasteiger partial charge in [-0.2, -0.15) is 0 Å². The third kappa shape index (κ3) is 6.19. The predicted octanol–water partition coefficient (Wildman–Crippen LogP) is 6.10. The summed E-state index contributed by atoms with van der Waals surface area (Å²) in [6.45, 7) is 4.38. The van der Waals surface area contributed by atoms with Crippen LogP contribution < -0.4 is 25.8 Å². The largest absolute Gasteiger partial charge is 0.494 e. The molecule has 2 aliphatic heterocycles. The summed E-state index contributed by atoms with van der Waals surface area (Å²) >= 11 is 6.19. The summed E-state index contributed by atoms with van der Waals surface area (Å²) in [6.07, 6.45) is 0.700. The molecule has 4 aromatic rings. The summed E-state index contributed by atoms with van der Waals surface area (Å²) in [5.41, 5.74) is 3.24. The van der Waals surface area contributed by atoms with E-state index in [0.29, 0.717) is 48.9 Å². The summed E-state index contributed by atoms with van der Waals surface area (Å²) in [6, 6.07) is 22.0. The number of aromatic nitrogens is 1. The molecule has 2 aliphatic rings. The van der Waals surface area contributed by atoms with Crippen LogP contribution in [0.3, 0.4) is 0 Å². The Morgan fingerprint density at radius 1 is 0.977 bits per heavy atom. The van der Waals surface area contributed by atoms with Gasteiger partial charge in [-0.15, -0.1) is 0 Å². The SMILES string of the molecule is CCOc1ccc(NC(=O)c2ccc(N3CC4CC(C3)c3cccc(=O)n3C4)c(NC(=O)Cc3c(F)cccc3Cl)c2)cc1.